The van der Waals surface area contributed by atoms with Crippen molar-refractivity contribution in [1.29, 1.82) is 0 Å². The fourth-order valence-corrected chi connectivity index (χ4v) is 1.83. The Labute approximate surface area is 105 Å². The van der Waals surface area contributed by atoms with Gasteiger partial charge in [0.05, 0.1) is 24.1 Å². The maximum absolute atomic E-state index is 10.9. The number of hydrogen-bond acceptors (Lipinski definition) is 5. The van der Waals surface area contributed by atoms with Crippen molar-refractivity contribution in [3.05, 3.63) is 17.8 Å². The van der Waals surface area contributed by atoms with Gasteiger partial charge in [0.2, 0.25) is 5.88 Å². The summed E-state index contributed by atoms with van der Waals surface area (Å²) < 4.78 is 10.8. The number of ether oxygens (including phenoxy) is 2. The molecule has 2 heterocycles. The number of carboxylic acid groups (broad SMARTS) is 1. The van der Waals surface area contributed by atoms with Crippen LogP contribution in [0.1, 0.15) is 23.2 Å². The Morgan fingerprint density at radius 2 is 2.28 bits per heavy atom. The highest BCUT2D eigenvalue weighted by atomic mass is 16.5. The molecular formula is C12H16N2O4. The number of carbonyl (C=O) groups is 1. The van der Waals surface area contributed by atoms with E-state index in [0.29, 0.717) is 18.4 Å². The standard InChI is InChI=1S/C12H16N2O4/c13-10-6-14-11(5-9(10)12(15)16)18-7-8-1-3-17-4-2-8/h5-6,8H,1-4,7,13H2,(H,15,16). The van der Waals surface area contributed by atoms with E-state index >= 15 is 0 Å². The normalized spacial score (nSPS) is 16.4. The van der Waals surface area contributed by atoms with E-state index in [1.54, 1.807) is 0 Å². The number of pyridine rings is 1. The number of hydrogen-bond donors (Lipinski definition) is 2. The first kappa shape index (κ1) is 12.6. The number of rotatable bonds is 4. The molecule has 0 spiro atoms. The summed E-state index contributed by atoms with van der Waals surface area (Å²) in [5, 5.41) is 8.93. The molecule has 0 saturated carbocycles. The first-order valence-corrected chi connectivity index (χ1v) is 5.86. The van der Waals surface area contributed by atoms with Crippen LogP contribution in [0.3, 0.4) is 0 Å². The molecule has 0 aliphatic carbocycles. The minimum absolute atomic E-state index is 0.0203. The van der Waals surface area contributed by atoms with Crippen LogP contribution < -0.4 is 10.5 Å². The Morgan fingerprint density at radius 3 is 2.94 bits per heavy atom. The minimum atomic E-state index is -1.08. The van der Waals surface area contributed by atoms with Crippen LogP contribution in [0.2, 0.25) is 0 Å². The molecule has 3 N–H and O–H groups in total. The van der Waals surface area contributed by atoms with Gasteiger partial charge in [-0.05, 0) is 18.8 Å². The first-order chi connectivity index (χ1) is 8.66. The summed E-state index contributed by atoms with van der Waals surface area (Å²) in [5.74, 6) is -0.342. The number of aromatic nitrogens is 1. The zero-order valence-corrected chi connectivity index (χ0v) is 9.96. The van der Waals surface area contributed by atoms with Crippen LogP contribution in [-0.4, -0.2) is 35.9 Å². The lowest BCUT2D eigenvalue weighted by molar-refractivity contribution is 0.0490. The highest BCUT2D eigenvalue weighted by molar-refractivity contribution is 5.93. The van der Waals surface area contributed by atoms with Gasteiger partial charge in [0.1, 0.15) is 0 Å². The molecule has 1 aromatic rings. The Morgan fingerprint density at radius 1 is 1.56 bits per heavy atom. The Balaban J connectivity index is 1.96. The molecule has 6 heteroatoms. The SMILES string of the molecule is Nc1cnc(OCC2CCOCC2)cc1C(=O)O. The fraction of sp³-hybridized carbons (Fsp3) is 0.500. The Kier molecular flexibility index (Phi) is 3.99. The minimum Gasteiger partial charge on any atom is -0.478 e. The van der Waals surface area contributed by atoms with E-state index in [0.717, 1.165) is 26.1 Å². The van der Waals surface area contributed by atoms with Crippen LogP contribution in [0.4, 0.5) is 5.69 Å². The van der Waals surface area contributed by atoms with Crippen molar-refractivity contribution in [2.24, 2.45) is 5.92 Å². The summed E-state index contributed by atoms with van der Waals surface area (Å²) in [6, 6.07) is 1.36. The molecule has 18 heavy (non-hydrogen) atoms. The predicted octanol–water partition coefficient (Wildman–Crippen LogP) is 1.17. The molecule has 0 unspecified atom stereocenters. The molecule has 1 aromatic heterocycles. The topological polar surface area (TPSA) is 94.7 Å². The molecule has 0 bridgehead atoms. The van der Waals surface area contributed by atoms with Crippen molar-refractivity contribution in [2.75, 3.05) is 25.6 Å². The van der Waals surface area contributed by atoms with Crippen LogP contribution in [0.5, 0.6) is 5.88 Å². The Bertz CT molecular complexity index is 430. The van der Waals surface area contributed by atoms with Gasteiger partial charge in [-0.25, -0.2) is 9.78 Å². The van der Waals surface area contributed by atoms with Crippen LogP contribution in [0, 0.1) is 5.92 Å². The summed E-state index contributed by atoms with van der Waals surface area (Å²) in [4.78, 5) is 14.9. The first-order valence-electron chi connectivity index (χ1n) is 5.86. The number of nitrogen functional groups attached to an aromatic ring is 1. The molecule has 0 radical (unpaired) electrons. The van der Waals surface area contributed by atoms with E-state index in [4.69, 9.17) is 20.3 Å². The van der Waals surface area contributed by atoms with Gasteiger partial charge in [-0.1, -0.05) is 0 Å². The van der Waals surface area contributed by atoms with Crippen LogP contribution >= 0.6 is 0 Å². The smallest absolute Gasteiger partial charge is 0.338 e. The lowest BCUT2D eigenvalue weighted by Crippen LogP contribution is -2.21. The molecule has 0 aromatic carbocycles. The van der Waals surface area contributed by atoms with Gasteiger partial charge in [0.25, 0.3) is 0 Å². The van der Waals surface area contributed by atoms with Crippen molar-refractivity contribution >= 4 is 11.7 Å². The average Bonchev–Trinajstić information content (AvgIpc) is 2.38. The maximum Gasteiger partial charge on any atom is 0.338 e. The monoisotopic (exact) mass is 252 g/mol. The number of carboxylic acids is 1. The molecular weight excluding hydrogens is 236 g/mol. The van der Waals surface area contributed by atoms with E-state index in [2.05, 4.69) is 4.98 Å². The molecule has 6 nitrogen and oxygen atoms in total. The molecule has 1 aliphatic heterocycles. The number of anilines is 1. The second kappa shape index (κ2) is 5.68. The number of aromatic carboxylic acids is 1. The zero-order chi connectivity index (χ0) is 13.0. The van der Waals surface area contributed by atoms with Crippen molar-refractivity contribution in [2.45, 2.75) is 12.8 Å². The number of nitrogens with two attached hydrogens (primary N) is 1. The van der Waals surface area contributed by atoms with E-state index in [9.17, 15) is 4.79 Å². The van der Waals surface area contributed by atoms with Gasteiger partial charge in [-0.15, -0.1) is 0 Å². The third-order valence-corrected chi connectivity index (χ3v) is 2.95. The predicted molar refractivity (Wildman–Crippen MR) is 64.6 cm³/mol. The third kappa shape index (κ3) is 3.10. The van der Waals surface area contributed by atoms with Gasteiger partial charge in [-0.2, -0.15) is 0 Å². The fourth-order valence-electron chi connectivity index (χ4n) is 1.83. The van der Waals surface area contributed by atoms with Gasteiger partial charge in [0, 0.05) is 19.3 Å². The summed E-state index contributed by atoms with van der Waals surface area (Å²) in [6.45, 7) is 2.03. The molecule has 1 aliphatic rings. The summed E-state index contributed by atoms with van der Waals surface area (Å²) >= 11 is 0. The highest BCUT2D eigenvalue weighted by Crippen LogP contribution is 2.19. The summed E-state index contributed by atoms with van der Waals surface area (Å²) in [5.41, 5.74) is 5.67. The van der Waals surface area contributed by atoms with Crippen molar-refractivity contribution in [3.8, 4) is 5.88 Å². The van der Waals surface area contributed by atoms with E-state index in [-0.39, 0.29) is 11.3 Å². The van der Waals surface area contributed by atoms with Crippen molar-refractivity contribution in [1.82, 2.24) is 4.98 Å². The van der Waals surface area contributed by atoms with Gasteiger partial charge >= 0.3 is 5.97 Å². The zero-order valence-electron chi connectivity index (χ0n) is 9.96. The average molecular weight is 252 g/mol. The van der Waals surface area contributed by atoms with Crippen LogP contribution in [0.15, 0.2) is 12.3 Å². The van der Waals surface area contributed by atoms with Crippen LogP contribution in [-0.2, 0) is 4.74 Å². The molecule has 98 valence electrons. The Hall–Kier alpha value is -1.82. The molecule has 0 amide bonds. The lowest BCUT2D eigenvalue weighted by atomic mass is 10.0. The van der Waals surface area contributed by atoms with Crippen LogP contribution in [0.25, 0.3) is 0 Å². The third-order valence-electron chi connectivity index (χ3n) is 2.95. The van der Waals surface area contributed by atoms with Gasteiger partial charge < -0.3 is 20.3 Å². The lowest BCUT2D eigenvalue weighted by Gasteiger charge is -2.21. The van der Waals surface area contributed by atoms with E-state index in [1.807, 2.05) is 0 Å². The van der Waals surface area contributed by atoms with E-state index < -0.39 is 5.97 Å². The van der Waals surface area contributed by atoms with Gasteiger partial charge in [0.15, 0.2) is 0 Å². The largest absolute Gasteiger partial charge is 0.478 e. The summed E-state index contributed by atoms with van der Waals surface area (Å²) in [7, 11) is 0. The molecule has 1 fully saturated rings. The molecule has 2 rings (SSSR count). The quantitative estimate of drug-likeness (QED) is 0.835. The summed E-state index contributed by atoms with van der Waals surface area (Å²) in [6.07, 6.45) is 3.23. The van der Waals surface area contributed by atoms with Gasteiger partial charge in [-0.3, -0.25) is 0 Å². The van der Waals surface area contributed by atoms with E-state index in [1.165, 1.54) is 12.3 Å². The molecule has 1 saturated heterocycles. The maximum atomic E-state index is 10.9. The number of nitrogens with zero attached hydrogens (tertiary/aromatic N) is 1. The molecule has 0 atom stereocenters. The second-order valence-electron chi connectivity index (χ2n) is 4.28. The van der Waals surface area contributed by atoms with Crippen molar-refractivity contribution in [3.63, 3.8) is 0 Å². The highest BCUT2D eigenvalue weighted by Gasteiger charge is 2.16. The second-order valence-corrected chi connectivity index (χ2v) is 4.28. The van der Waals surface area contributed by atoms with Crippen molar-refractivity contribution < 1.29 is 19.4 Å².